The average Bonchev–Trinajstić information content (AvgIpc) is 2.70. The predicted molar refractivity (Wildman–Crippen MR) is 69.9 cm³/mol. The standard InChI is InChI=1S/C14H18N2O/c1-11(17)7-8-16(2)10-12-9-15-14-6-4-3-5-13(12)14/h3-6,9,15H,7-8,10H2,1-2H3. The highest BCUT2D eigenvalue weighted by atomic mass is 16.1. The van der Waals surface area contributed by atoms with Crippen molar-refractivity contribution < 1.29 is 4.79 Å². The van der Waals surface area contributed by atoms with Crippen LogP contribution in [0.4, 0.5) is 0 Å². The second-order valence-corrected chi connectivity index (χ2v) is 4.55. The number of nitrogens with one attached hydrogen (secondary N) is 1. The van der Waals surface area contributed by atoms with Gasteiger partial charge in [-0.25, -0.2) is 0 Å². The minimum absolute atomic E-state index is 0.246. The maximum atomic E-state index is 10.9. The molecule has 1 aromatic heterocycles. The maximum absolute atomic E-state index is 10.9. The van der Waals surface area contributed by atoms with Crippen molar-refractivity contribution in [2.45, 2.75) is 19.9 Å². The Morgan fingerprint density at radius 2 is 2.12 bits per heavy atom. The molecule has 17 heavy (non-hydrogen) atoms. The summed E-state index contributed by atoms with van der Waals surface area (Å²) in [7, 11) is 2.05. The van der Waals surface area contributed by atoms with Gasteiger partial charge in [-0.3, -0.25) is 4.79 Å². The highest BCUT2D eigenvalue weighted by molar-refractivity contribution is 5.83. The van der Waals surface area contributed by atoms with Gasteiger partial charge < -0.3 is 9.88 Å². The minimum atomic E-state index is 0.246. The zero-order valence-electron chi connectivity index (χ0n) is 10.4. The Morgan fingerprint density at radius 3 is 2.88 bits per heavy atom. The van der Waals surface area contributed by atoms with E-state index < -0.39 is 0 Å². The largest absolute Gasteiger partial charge is 0.361 e. The molecule has 1 aromatic carbocycles. The first kappa shape index (κ1) is 11.9. The van der Waals surface area contributed by atoms with Crippen molar-refractivity contribution >= 4 is 16.7 Å². The molecule has 2 rings (SSSR count). The Labute approximate surface area is 101 Å². The Hall–Kier alpha value is -1.61. The topological polar surface area (TPSA) is 36.1 Å². The number of nitrogens with zero attached hydrogens (tertiary/aromatic N) is 1. The van der Waals surface area contributed by atoms with E-state index in [0.717, 1.165) is 13.1 Å². The van der Waals surface area contributed by atoms with Crippen LogP contribution >= 0.6 is 0 Å². The number of aromatic amines is 1. The van der Waals surface area contributed by atoms with Crippen molar-refractivity contribution in [2.75, 3.05) is 13.6 Å². The minimum Gasteiger partial charge on any atom is -0.361 e. The second kappa shape index (κ2) is 5.15. The summed E-state index contributed by atoms with van der Waals surface area (Å²) in [6.07, 6.45) is 2.67. The van der Waals surface area contributed by atoms with Crippen LogP contribution in [0.15, 0.2) is 30.5 Å². The molecule has 2 aromatic rings. The lowest BCUT2D eigenvalue weighted by molar-refractivity contribution is -0.117. The Bertz CT molecular complexity index is 516. The smallest absolute Gasteiger partial charge is 0.131 e. The SMILES string of the molecule is CC(=O)CCN(C)Cc1c[nH]c2ccccc12. The van der Waals surface area contributed by atoms with Gasteiger partial charge in [-0.15, -0.1) is 0 Å². The quantitative estimate of drug-likeness (QED) is 0.857. The lowest BCUT2D eigenvalue weighted by Gasteiger charge is -2.14. The monoisotopic (exact) mass is 230 g/mol. The number of rotatable bonds is 5. The Kier molecular flexibility index (Phi) is 3.59. The first-order chi connectivity index (χ1) is 8.16. The third-order valence-corrected chi connectivity index (χ3v) is 2.96. The number of fused-ring (bicyclic) bond motifs is 1. The number of hydrogen-bond acceptors (Lipinski definition) is 2. The number of Topliss-reactive ketones (excluding diaryl/α,β-unsaturated/α-hetero) is 1. The van der Waals surface area contributed by atoms with Crippen LogP contribution in [0.5, 0.6) is 0 Å². The van der Waals surface area contributed by atoms with E-state index >= 15 is 0 Å². The van der Waals surface area contributed by atoms with Crippen LogP contribution in [-0.2, 0) is 11.3 Å². The van der Waals surface area contributed by atoms with Crippen LogP contribution in [0.3, 0.4) is 0 Å². The van der Waals surface area contributed by atoms with Gasteiger partial charge in [-0.2, -0.15) is 0 Å². The zero-order valence-corrected chi connectivity index (χ0v) is 10.4. The van der Waals surface area contributed by atoms with Crippen molar-refractivity contribution in [1.82, 2.24) is 9.88 Å². The molecule has 0 amide bonds. The van der Waals surface area contributed by atoms with E-state index in [0.29, 0.717) is 6.42 Å². The molecule has 0 saturated heterocycles. The molecule has 1 N–H and O–H groups in total. The van der Waals surface area contributed by atoms with Crippen molar-refractivity contribution in [2.24, 2.45) is 0 Å². The fraction of sp³-hybridized carbons (Fsp3) is 0.357. The van der Waals surface area contributed by atoms with Crippen LogP contribution < -0.4 is 0 Å². The third-order valence-electron chi connectivity index (χ3n) is 2.96. The van der Waals surface area contributed by atoms with E-state index in [1.54, 1.807) is 6.92 Å². The van der Waals surface area contributed by atoms with Crippen LogP contribution in [-0.4, -0.2) is 29.3 Å². The van der Waals surface area contributed by atoms with E-state index in [4.69, 9.17) is 0 Å². The van der Waals surface area contributed by atoms with Gasteiger partial charge in [0.1, 0.15) is 5.78 Å². The Balaban J connectivity index is 2.05. The third kappa shape index (κ3) is 2.94. The molecule has 1 heterocycles. The number of benzene rings is 1. The molecular weight excluding hydrogens is 212 g/mol. The number of ketones is 1. The molecule has 0 aliphatic rings. The molecule has 0 spiro atoms. The second-order valence-electron chi connectivity index (χ2n) is 4.55. The molecule has 0 aliphatic carbocycles. The van der Waals surface area contributed by atoms with E-state index in [9.17, 15) is 4.79 Å². The molecular formula is C14H18N2O. The first-order valence-electron chi connectivity index (χ1n) is 5.90. The van der Waals surface area contributed by atoms with Gasteiger partial charge in [0, 0.05) is 36.6 Å². The van der Waals surface area contributed by atoms with Gasteiger partial charge in [0.25, 0.3) is 0 Å². The summed E-state index contributed by atoms with van der Waals surface area (Å²) in [5, 5.41) is 1.27. The van der Waals surface area contributed by atoms with Crippen LogP contribution in [0.25, 0.3) is 10.9 Å². The number of aromatic nitrogens is 1. The predicted octanol–water partition coefficient (Wildman–Crippen LogP) is 2.58. The van der Waals surface area contributed by atoms with Gasteiger partial charge in [0.05, 0.1) is 0 Å². The number of carbonyl (C=O) groups excluding carboxylic acids is 1. The molecule has 3 heteroatoms. The summed E-state index contributed by atoms with van der Waals surface area (Å²) in [6.45, 7) is 3.33. The molecule has 0 bridgehead atoms. The Morgan fingerprint density at radius 1 is 1.35 bits per heavy atom. The maximum Gasteiger partial charge on any atom is 0.131 e. The van der Waals surface area contributed by atoms with Gasteiger partial charge >= 0.3 is 0 Å². The van der Waals surface area contributed by atoms with Crippen molar-refractivity contribution in [1.29, 1.82) is 0 Å². The zero-order chi connectivity index (χ0) is 12.3. The normalized spacial score (nSPS) is 11.2. The summed E-state index contributed by atoms with van der Waals surface area (Å²) >= 11 is 0. The number of hydrogen-bond donors (Lipinski definition) is 1. The van der Waals surface area contributed by atoms with E-state index in [1.807, 2.05) is 13.1 Å². The molecule has 3 nitrogen and oxygen atoms in total. The summed E-state index contributed by atoms with van der Waals surface area (Å²) < 4.78 is 0. The van der Waals surface area contributed by atoms with Crippen molar-refractivity contribution in [3.05, 3.63) is 36.0 Å². The van der Waals surface area contributed by atoms with Crippen LogP contribution in [0.2, 0.25) is 0 Å². The van der Waals surface area contributed by atoms with Gasteiger partial charge in [-0.05, 0) is 25.6 Å². The number of carbonyl (C=O) groups is 1. The van der Waals surface area contributed by atoms with E-state index in [2.05, 4.69) is 34.3 Å². The molecule has 0 fully saturated rings. The van der Waals surface area contributed by atoms with Crippen molar-refractivity contribution in [3.63, 3.8) is 0 Å². The lowest BCUT2D eigenvalue weighted by Crippen LogP contribution is -2.20. The van der Waals surface area contributed by atoms with E-state index in [1.165, 1.54) is 16.5 Å². The lowest BCUT2D eigenvalue weighted by atomic mass is 10.1. The summed E-state index contributed by atoms with van der Waals surface area (Å²) in [6, 6.07) is 8.28. The summed E-state index contributed by atoms with van der Waals surface area (Å²) in [5.74, 6) is 0.246. The molecule has 0 atom stereocenters. The van der Waals surface area contributed by atoms with Gasteiger partial charge in [-0.1, -0.05) is 18.2 Å². The van der Waals surface area contributed by atoms with Crippen LogP contribution in [0.1, 0.15) is 18.9 Å². The first-order valence-corrected chi connectivity index (χ1v) is 5.90. The highest BCUT2D eigenvalue weighted by Crippen LogP contribution is 2.18. The van der Waals surface area contributed by atoms with Gasteiger partial charge in [0.15, 0.2) is 0 Å². The summed E-state index contributed by atoms with van der Waals surface area (Å²) in [5.41, 5.74) is 2.45. The molecule has 0 saturated carbocycles. The molecule has 0 unspecified atom stereocenters. The fourth-order valence-corrected chi connectivity index (χ4v) is 1.98. The molecule has 90 valence electrons. The van der Waals surface area contributed by atoms with Crippen LogP contribution in [0, 0.1) is 0 Å². The van der Waals surface area contributed by atoms with Gasteiger partial charge in [0.2, 0.25) is 0 Å². The average molecular weight is 230 g/mol. The molecule has 0 aliphatic heterocycles. The fourth-order valence-electron chi connectivity index (χ4n) is 1.98. The molecule has 0 radical (unpaired) electrons. The summed E-state index contributed by atoms with van der Waals surface area (Å²) in [4.78, 5) is 16.4. The van der Waals surface area contributed by atoms with Crippen molar-refractivity contribution in [3.8, 4) is 0 Å². The number of para-hydroxylation sites is 1. The highest BCUT2D eigenvalue weighted by Gasteiger charge is 2.06. The van der Waals surface area contributed by atoms with E-state index in [-0.39, 0.29) is 5.78 Å². The number of H-pyrrole nitrogens is 1.